The van der Waals surface area contributed by atoms with Gasteiger partial charge < -0.3 is 5.32 Å². The van der Waals surface area contributed by atoms with Crippen molar-refractivity contribution in [2.75, 3.05) is 5.32 Å². The minimum atomic E-state index is -4.64. The van der Waals surface area contributed by atoms with Crippen LogP contribution in [-0.4, -0.2) is 20.6 Å². The van der Waals surface area contributed by atoms with Crippen molar-refractivity contribution < 1.29 is 22.9 Å². The van der Waals surface area contributed by atoms with Crippen LogP contribution in [0.1, 0.15) is 48.7 Å². The van der Waals surface area contributed by atoms with E-state index in [-0.39, 0.29) is 16.1 Å². The third-order valence-electron chi connectivity index (χ3n) is 4.54. The van der Waals surface area contributed by atoms with Gasteiger partial charge in [0.1, 0.15) is 6.04 Å². The molecule has 2 aromatic rings. The van der Waals surface area contributed by atoms with Crippen LogP contribution in [0.2, 0.25) is 0 Å². The molecular weight excluding hydrogens is 445 g/mol. The molecule has 28 heavy (non-hydrogen) atoms. The predicted molar refractivity (Wildman–Crippen MR) is 98.1 cm³/mol. The molecule has 0 bridgehead atoms. The molecule has 150 valence electrons. The highest BCUT2D eigenvalue weighted by atomic mass is 79.9. The number of carbonyl (C=O) groups is 1. The Morgan fingerprint density at radius 1 is 1.43 bits per heavy atom. The maximum atomic E-state index is 13.2. The molecule has 1 aliphatic rings. The molecule has 1 unspecified atom stereocenters. The second kappa shape index (κ2) is 7.19. The summed E-state index contributed by atoms with van der Waals surface area (Å²) < 4.78 is 40.7. The van der Waals surface area contributed by atoms with Crippen LogP contribution in [0.25, 0.3) is 0 Å². The average Bonchev–Trinajstić information content (AvgIpc) is 3.37. The zero-order valence-corrected chi connectivity index (χ0v) is 16.5. The first-order valence-electron chi connectivity index (χ1n) is 8.41. The molecule has 0 aliphatic heterocycles. The quantitative estimate of drug-likeness (QED) is 0.504. The third-order valence-corrected chi connectivity index (χ3v) is 5.33. The van der Waals surface area contributed by atoms with Crippen LogP contribution in [0, 0.1) is 17.0 Å². The van der Waals surface area contributed by atoms with Gasteiger partial charge in [-0.3, -0.25) is 19.6 Å². The molecule has 0 radical (unpaired) electrons. The van der Waals surface area contributed by atoms with E-state index in [1.807, 2.05) is 0 Å². The Morgan fingerprint density at radius 2 is 2.07 bits per heavy atom. The maximum absolute atomic E-state index is 13.2. The van der Waals surface area contributed by atoms with Crippen LogP contribution in [-0.2, 0) is 11.0 Å². The Bertz CT molecular complexity index is 954. The number of nitrogens with one attached hydrogen (secondary N) is 1. The lowest BCUT2D eigenvalue weighted by atomic mass is 10.1. The smallest absolute Gasteiger partial charge is 0.324 e. The lowest BCUT2D eigenvalue weighted by molar-refractivity contribution is -0.384. The van der Waals surface area contributed by atoms with E-state index in [2.05, 4.69) is 26.3 Å². The number of carbonyl (C=O) groups excluding carboxylic acids is 1. The number of amides is 1. The van der Waals surface area contributed by atoms with Gasteiger partial charge in [0.15, 0.2) is 5.69 Å². The number of nitro benzene ring substituents is 1. The number of hydrogen-bond acceptors (Lipinski definition) is 4. The summed E-state index contributed by atoms with van der Waals surface area (Å²) in [6.07, 6.45) is -3.17. The fraction of sp³-hybridized carbons (Fsp3) is 0.412. The summed E-state index contributed by atoms with van der Waals surface area (Å²) in [5, 5.41) is 17.1. The van der Waals surface area contributed by atoms with Gasteiger partial charge in [0, 0.05) is 23.7 Å². The topological polar surface area (TPSA) is 90.1 Å². The predicted octanol–water partition coefficient (Wildman–Crippen LogP) is 4.96. The lowest BCUT2D eigenvalue weighted by Crippen LogP contribution is -2.26. The van der Waals surface area contributed by atoms with Crippen LogP contribution in [0.3, 0.4) is 0 Å². The normalized spacial score (nSPS) is 15.4. The Kier molecular flexibility index (Phi) is 5.22. The number of nitro groups is 1. The first-order chi connectivity index (χ1) is 13.0. The molecule has 1 N–H and O–H groups in total. The fourth-order valence-electron chi connectivity index (χ4n) is 2.88. The second-order valence-electron chi connectivity index (χ2n) is 6.69. The van der Waals surface area contributed by atoms with Gasteiger partial charge in [-0.25, -0.2) is 0 Å². The van der Waals surface area contributed by atoms with Gasteiger partial charge in [0.25, 0.3) is 5.69 Å². The molecule has 1 atom stereocenters. The summed E-state index contributed by atoms with van der Waals surface area (Å²) in [5.74, 6) is -0.642. The summed E-state index contributed by atoms with van der Waals surface area (Å²) >= 11 is 3.00. The van der Waals surface area contributed by atoms with Gasteiger partial charge in [-0.05, 0) is 54.2 Å². The van der Waals surface area contributed by atoms with E-state index >= 15 is 0 Å². The molecule has 1 aromatic carbocycles. The van der Waals surface area contributed by atoms with E-state index in [1.165, 1.54) is 25.1 Å². The lowest BCUT2D eigenvalue weighted by Gasteiger charge is -2.17. The highest BCUT2D eigenvalue weighted by molar-refractivity contribution is 9.10. The van der Waals surface area contributed by atoms with Crippen molar-refractivity contribution in [1.82, 2.24) is 9.78 Å². The van der Waals surface area contributed by atoms with E-state index < -0.39 is 28.7 Å². The second-order valence-corrected chi connectivity index (χ2v) is 7.48. The minimum Gasteiger partial charge on any atom is -0.324 e. The van der Waals surface area contributed by atoms with Crippen LogP contribution in [0.4, 0.5) is 24.5 Å². The zero-order valence-electron chi connectivity index (χ0n) is 14.9. The van der Waals surface area contributed by atoms with E-state index in [9.17, 15) is 28.1 Å². The molecule has 0 saturated heterocycles. The standard InChI is InChI=1S/C17H16BrF3N4O3/c1-8-7-11(25(27)28)5-6-12(8)22-16(26)9(2)24-14(10-3-4-10)13(18)15(23-24)17(19,20)21/h5-7,9-10H,3-4H2,1-2H3,(H,22,26). The molecule has 1 fully saturated rings. The van der Waals surface area contributed by atoms with E-state index in [0.717, 1.165) is 17.5 Å². The number of non-ortho nitro benzene ring substituents is 1. The van der Waals surface area contributed by atoms with Crippen molar-refractivity contribution in [2.24, 2.45) is 0 Å². The zero-order chi connectivity index (χ0) is 20.8. The van der Waals surface area contributed by atoms with Crippen molar-refractivity contribution in [2.45, 2.75) is 44.8 Å². The summed E-state index contributed by atoms with van der Waals surface area (Å²) in [7, 11) is 0. The van der Waals surface area contributed by atoms with Gasteiger partial charge >= 0.3 is 6.18 Å². The third kappa shape index (κ3) is 3.89. The Morgan fingerprint density at radius 3 is 2.57 bits per heavy atom. The summed E-state index contributed by atoms with van der Waals surface area (Å²) in [6.45, 7) is 3.05. The van der Waals surface area contributed by atoms with Crippen molar-refractivity contribution in [1.29, 1.82) is 0 Å². The molecule has 1 saturated carbocycles. The highest BCUT2D eigenvalue weighted by Gasteiger charge is 2.43. The number of anilines is 1. The molecule has 11 heteroatoms. The van der Waals surface area contributed by atoms with Gasteiger partial charge in [-0.15, -0.1) is 0 Å². The largest absolute Gasteiger partial charge is 0.436 e. The van der Waals surface area contributed by atoms with Crippen molar-refractivity contribution >= 4 is 33.2 Å². The Hall–Kier alpha value is -2.43. The van der Waals surface area contributed by atoms with Crippen LogP contribution < -0.4 is 5.32 Å². The van der Waals surface area contributed by atoms with Gasteiger partial charge in [0.05, 0.1) is 15.1 Å². The summed E-state index contributed by atoms with van der Waals surface area (Å²) in [6, 6.07) is 2.94. The summed E-state index contributed by atoms with van der Waals surface area (Å²) in [4.78, 5) is 22.9. The SMILES string of the molecule is Cc1cc([N+](=O)[O-])ccc1NC(=O)C(C)n1nc(C(F)(F)F)c(Br)c1C1CC1. The number of nitrogens with zero attached hydrogens (tertiary/aromatic N) is 3. The summed E-state index contributed by atoms with van der Waals surface area (Å²) in [5.41, 5.74) is -0.00571. The first kappa shape index (κ1) is 20.3. The number of halogens is 4. The van der Waals surface area contributed by atoms with Crippen LogP contribution in [0.15, 0.2) is 22.7 Å². The number of alkyl halides is 3. The average molecular weight is 461 g/mol. The number of aromatic nitrogens is 2. The van der Waals surface area contributed by atoms with Crippen LogP contribution >= 0.6 is 15.9 Å². The molecule has 0 spiro atoms. The molecular formula is C17H16BrF3N4O3. The highest BCUT2D eigenvalue weighted by Crippen LogP contribution is 2.47. The monoisotopic (exact) mass is 460 g/mol. The molecule has 7 nitrogen and oxygen atoms in total. The number of hydrogen-bond donors (Lipinski definition) is 1. The van der Waals surface area contributed by atoms with E-state index in [1.54, 1.807) is 6.92 Å². The minimum absolute atomic E-state index is 0.0747. The first-order valence-corrected chi connectivity index (χ1v) is 9.21. The Balaban J connectivity index is 1.89. The molecule has 1 aliphatic carbocycles. The number of benzene rings is 1. The van der Waals surface area contributed by atoms with Gasteiger partial charge in [0.2, 0.25) is 5.91 Å². The number of aryl methyl sites for hydroxylation is 1. The fourth-order valence-corrected chi connectivity index (χ4v) is 3.69. The van der Waals surface area contributed by atoms with Crippen molar-refractivity contribution in [3.05, 3.63) is 49.7 Å². The molecule has 3 rings (SSSR count). The van der Waals surface area contributed by atoms with Crippen LogP contribution in [0.5, 0.6) is 0 Å². The van der Waals surface area contributed by atoms with E-state index in [0.29, 0.717) is 16.9 Å². The van der Waals surface area contributed by atoms with Gasteiger partial charge in [-0.1, -0.05) is 0 Å². The van der Waals surface area contributed by atoms with E-state index in [4.69, 9.17) is 0 Å². The van der Waals surface area contributed by atoms with Gasteiger partial charge in [-0.2, -0.15) is 18.3 Å². The maximum Gasteiger partial charge on any atom is 0.436 e. The number of rotatable bonds is 5. The molecule has 1 heterocycles. The molecule has 1 aromatic heterocycles. The van der Waals surface area contributed by atoms with Crippen molar-refractivity contribution in [3.8, 4) is 0 Å². The Labute approximate surface area is 166 Å². The van der Waals surface area contributed by atoms with Crippen molar-refractivity contribution in [3.63, 3.8) is 0 Å². The molecule has 1 amide bonds.